The molecule has 9 atom stereocenters. The largest absolute Gasteiger partial charge is 0.314 e. The van der Waals surface area contributed by atoms with Crippen molar-refractivity contribution in [3.63, 3.8) is 0 Å². The van der Waals surface area contributed by atoms with Crippen LogP contribution in [0.2, 0.25) is 0 Å². The molecule has 0 radical (unpaired) electrons. The van der Waals surface area contributed by atoms with Gasteiger partial charge in [-0.25, -0.2) is 0 Å². The van der Waals surface area contributed by atoms with E-state index in [4.69, 9.17) is 0 Å². The fourth-order valence-electron chi connectivity index (χ4n) is 8.49. The van der Waals surface area contributed by atoms with Gasteiger partial charge < -0.3 is 10.2 Å². The van der Waals surface area contributed by atoms with Gasteiger partial charge in [0.25, 0.3) is 0 Å². The van der Waals surface area contributed by atoms with Gasteiger partial charge in [-0.2, -0.15) is 0 Å². The maximum atomic E-state index is 3.79. The Kier molecular flexibility index (Phi) is 20.6. The number of rotatable bonds is 25. The number of hydrogen-bond acceptors (Lipinski definition) is 2. The predicted octanol–water partition coefficient (Wildman–Crippen LogP) is 12.0. The molecule has 42 heavy (non-hydrogen) atoms. The smallest absolute Gasteiger partial charge is 0.00670 e. The van der Waals surface area contributed by atoms with Crippen molar-refractivity contribution in [2.75, 3.05) is 19.6 Å². The first-order chi connectivity index (χ1) is 19.8. The molecule has 0 amide bonds. The van der Waals surface area contributed by atoms with Gasteiger partial charge in [-0.05, 0) is 138 Å². The average molecular weight is 591 g/mol. The van der Waals surface area contributed by atoms with Crippen LogP contribution in [0.4, 0.5) is 0 Å². The van der Waals surface area contributed by atoms with E-state index in [1.807, 2.05) is 0 Å². The molecule has 2 heteroatoms. The van der Waals surface area contributed by atoms with Gasteiger partial charge in [0.1, 0.15) is 0 Å². The summed E-state index contributed by atoms with van der Waals surface area (Å²) < 4.78 is 0. The van der Waals surface area contributed by atoms with Crippen LogP contribution >= 0.6 is 0 Å². The van der Waals surface area contributed by atoms with Crippen LogP contribution in [0.3, 0.4) is 0 Å². The topological polar surface area (TPSA) is 15.3 Å². The van der Waals surface area contributed by atoms with Crippen molar-refractivity contribution >= 4 is 0 Å². The number of nitrogens with one attached hydrogen (secondary N) is 1. The van der Waals surface area contributed by atoms with Crippen LogP contribution in [0.15, 0.2) is 0 Å². The van der Waals surface area contributed by atoms with Crippen LogP contribution < -0.4 is 5.32 Å². The van der Waals surface area contributed by atoms with Gasteiger partial charge in [0.2, 0.25) is 0 Å². The van der Waals surface area contributed by atoms with Gasteiger partial charge in [0, 0.05) is 18.6 Å². The minimum Gasteiger partial charge on any atom is -0.314 e. The molecule has 1 rings (SSSR count). The lowest BCUT2D eigenvalue weighted by atomic mass is 9.82. The predicted molar refractivity (Wildman–Crippen MR) is 191 cm³/mol. The summed E-state index contributed by atoms with van der Waals surface area (Å²) in [6.45, 7) is 33.1. The molecule has 2 nitrogen and oxygen atoms in total. The highest BCUT2D eigenvalue weighted by Crippen LogP contribution is 2.46. The average Bonchev–Trinajstić information content (AvgIpc) is 3.28. The van der Waals surface area contributed by atoms with Crippen molar-refractivity contribution in [3.8, 4) is 0 Å². The zero-order valence-electron chi connectivity index (χ0n) is 31.4. The van der Waals surface area contributed by atoms with Gasteiger partial charge >= 0.3 is 0 Å². The van der Waals surface area contributed by atoms with E-state index < -0.39 is 0 Å². The summed E-state index contributed by atoms with van der Waals surface area (Å²) in [4.78, 5) is 2.79. The molecule has 252 valence electrons. The zero-order chi connectivity index (χ0) is 31.7. The van der Waals surface area contributed by atoms with E-state index in [0.29, 0.717) is 17.5 Å². The first-order valence-electron chi connectivity index (χ1n) is 19.3. The zero-order valence-corrected chi connectivity index (χ0v) is 31.4. The molecule has 1 fully saturated rings. The summed E-state index contributed by atoms with van der Waals surface area (Å²) in [7, 11) is 0. The van der Waals surface area contributed by atoms with Crippen molar-refractivity contribution in [2.24, 2.45) is 46.8 Å². The summed E-state index contributed by atoms with van der Waals surface area (Å²) in [5.41, 5.74) is 0.652. The van der Waals surface area contributed by atoms with Crippen LogP contribution in [-0.4, -0.2) is 36.6 Å². The molecular weight excluding hydrogens is 508 g/mol. The van der Waals surface area contributed by atoms with Crippen LogP contribution in [0.1, 0.15) is 179 Å². The Morgan fingerprint density at radius 2 is 1.43 bits per heavy atom. The molecule has 0 aliphatic heterocycles. The summed E-state index contributed by atoms with van der Waals surface area (Å²) in [6, 6.07) is 1.37. The highest BCUT2D eigenvalue weighted by Gasteiger charge is 2.34. The first-order valence-corrected chi connectivity index (χ1v) is 19.3. The molecule has 9 unspecified atom stereocenters. The van der Waals surface area contributed by atoms with Crippen LogP contribution in [0, 0.1) is 46.8 Å². The first kappa shape index (κ1) is 39.9. The highest BCUT2D eigenvalue weighted by atomic mass is 15.1. The molecule has 0 heterocycles. The van der Waals surface area contributed by atoms with Gasteiger partial charge in [-0.1, -0.05) is 101 Å². The Balaban J connectivity index is 2.24. The van der Waals surface area contributed by atoms with E-state index in [9.17, 15) is 0 Å². The van der Waals surface area contributed by atoms with E-state index in [0.717, 1.165) is 41.4 Å². The lowest BCUT2D eigenvalue weighted by molar-refractivity contribution is 0.149. The summed E-state index contributed by atoms with van der Waals surface area (Å²) >= 11 is 0. The van der Waals surface area contributed by atoms with Crippen molar-refractivity contribution in [3.05, 3.63) is 0 Å². The Labute approximate surface area is 267 Å². The third-order valence-corrected chi connectivity index (χ3v) is 11.6. The molecule has 0 aromatic heterocycles. The van der Waals surface area contributed by atoms with Crippen molar-refractivity contribution in [2.45, 2.75) is 191 Å². The second-order valence-corrected chi connectivity index (χ2v) is 17.0. The van der Waals surface area contributed by atoms with Gasteiger partial charge in [-0.3, -0.25) is 0 Å². The minimum absolute atomic E-state index is 0.652. The van der Waals surface area contributed by atoms with Gasteiger partial charge in [0.15, 0.2) is 0 Å². The molecule has 1 aliphatic rings. The molecule has 0 saturated heterocycles. The van der Waals surface area contributed by atoms with Crippen molar-refractivity contribution < 1.29 is 0 Å². The monoisotopic (exact) mass is 591 g/mol. The van der Waals surface area contributed by atoms with Crippen molar-refractivity contribution in [1.29, 1.82) is 0 Å². The summed E-state index contributed by atoms with van der Waals surface area (Å²) in [6.07, 6.45) is 21.1. The lowest BCUT2D eigenvalue weighted by Gasteiger charge is -2.33. The van der Waals surface area contributed by atoms with Gasteiger partial charge in [-0.15, -0.1) is 0 Å². The molecule has 1 aliphatic carbocycles. The fraction of sp³-hybridized carbons (Fsp3) is 1.00. The second kappa shape index (κ2) is 21.6. The standard InChI is InChI=1S/C40H82N2/c1-13-24-40(12)25-22-39(29-40)21-19-35(8)36(9)30-42(14-2)38(11)20-18-33(6)28-32(5)16-15-17-37(10)41-26-23-34(7)27-31(3)4/h31-39,41H,13-30H2,1-12H3. The minimum atomic E-state index is 0.652. The highest BCUT2D eigenvalue weighted by molar-refractivity contribution is 4.86. The number of hydrogen-bond donors (Lipinski definition) is 1. The molecule has 0 aromatic carbocycles. The molecule has 0 spiro atoms. The van der Waals surface area contributed by atoms with Crippen LogP contribution in [0.25, 0.3) is 0 Å². The Morgan fingerprint density at radius 1 is 0.762 bits per heavy atom. The fourth-order valence-corrected chi connectivity index (χ4v) is 8.49. The molecular formula is C40H82N2. The molecule has 0 aromatic rings. The van der Waals surface area contributed by atoms with Crippen molar-refractivity contribution in [1.82, 2.24) is 10.2 Å². The molecule has 1 saturated carbocycles. The SMILES string of the molecule is CCCC1(C)CCC(CCC(C)C(C)CN(CC)C(C)CCC(C)CC(C)CCCC(C)NCCC(C)CC(C)C)C1. The Hall–Kier alpha value is -0.0800. The second-order valence-electron chi connectivity index (χ2n) is 17.0. The van der Waals surface area contributed by atoms with E-state index in [2.05, 4.69) is 93.3 Å². The maximum absolute atomic E-state index is 3.79. The Morgan fingerprint density at radius 3 is 2.07 bits per heavy atom. The third kappa shape index (κ3) is 17.4. The Bertz CT molecular complexity index is 646. The van der Waals surface area contributed by atoms with E-state index in [1.54, 1.807) is 0 Å². The summed E-state index contributed by atoms with van der Waals surface area (Å²) in [5, 5.41) is 3.79. The van der Waals surface area contributed by atoms with Gasteiger partial charge in [0.05, 0.1) is 0 Å². The maximum Gasteiger partial charge on any atom is 0.00670 e. The number of nitrogens with zero attached hydrogens (tertiary/aromatic N) is 1. The lowest BCUT2D eigenvalue weighted by Crippen LogP contribution is -2.38. The van der Waals surface area contributed by atoms with E-state index in [1.165, 1.54) is 116 Å². The van der Waals surface area contributed by atoms with E-state index in [-0.39, 0.29) is 0 Å². The quantitative estimate of drug-likeness (QED) is 0.114. The molecule has 1 N–H and O–H groups in total. The van der Waals surface area contributed by atoms with Crippen LogP contribution in [0.5, 0.6) is 0 Å². The normalized spacial score (nSPS) is 24.6. The van der Waals surface area contributed by atoms with Crippen LogP contribution in [-0.2, 0) is 0 Å². The summed E-state index contributed by atoms with van der Waals surface area (Å²) in [5.74, 6) is 6.01. The molecule has 0 bridgehead atoms. The third-order valence-electron chi connectivity index (χ3n) is 11.6. The van der Waals surface area contributed by atoms with E-state index >= 15 is 0 Å².